The number of rotatable bonds is 2. The van der Waals surface area contributed by atoms with E-state index in [2.05, 4.69) is 13.0 Å². The maximum Gasteiger partial charge on any atom is 0.122 e. The Balaban J connectivity index is 2.57. The zero-order chi connectivity index (χ0) is 13.3. The smallest absolute Gasteiger partial charge is 0.122 e. The van der Waals surface area contributed by atoms with Crippen molar-refractivity contribution in [3.63, 3.8) is 0 Å². The molecule has 0 heterocycles. The maximum atomic E-state index is 5.94. The second kappa shape index (κ2) is 4.91. The zero-order valence-electron chi connectivity index (χ0n) is 10.8. The van der Waals surface area contributed by atoms with E-state index in [9.17, 15) is 0 Å². The van der Waals surface area contributed by atoms with Crippen LogP contribution in [-0.2, 0) is 0 Å². The highest BCUT2D eigenvalue weighted by Crippen LogP contribution is 2.32. The van der Waals surface area contributed by atoms with Gasteiger partial charge in [0.25, 0.3) is 0 Å². The highest BCUT2D eigenvalue weighted by Gasteiger charge is 2.08. The van der Waals surface area contributed by atoms with Crippen LogP contribution in [0.25, 0.3) is 11.1 Å². The van der Waals surface area contributed by atoms with Gasteiger partial charge in [0.05, 0.1) is 17.8 Å². The van der Waals surface area contributed by atoms with Crippen LogP contribution >= 0.6 is 11.6 Å². The molecule has 0 aliphatic carbocycles. The average molecular weight is 262 g/mol. The van der Waals surface area contributed by atoms with Gasteiger partial charge in [-0.1, -0.05) is 17.7 Å². The van der Waals surface area contributed by atoms with Crippen molar-refractivity contribution in [2.45, 2.75) is 13.8 Å². The Hall–Kier alpha value is -1.67. The molecule has 0 amide bonds. The first kappa shape index (κ1) is 12.8. The molecule has 0 spiro atoms. The summed E-state index contributed by atoms with van der Waals surface area (Å²) in [7, 11) is 1.68. The van der Waals surface area contributed by atoms with Crippen LogP contribution in [0.4, 0.5) is 5.69 Å². The van der Waals surface area contributed by atoms with Crippen LogP contribution in [0.1, 0.15) is 11.1 Å². The number of nitrogen functional groups attached to an aromatic ring is 1. The van der Waals surface area contributed by atoms with E-state index < -0.39 is 0 Å². The van der Waals surface area contributed by atoms with Gasteiger partial charge in [-0.15, -0.1) is 0 Å². The van der Waals surface area contributed by atoms with Crippen molar-refractivity contribution in [1.29, 1.82) is 0 Å². The van der Waals surface area contributed by atoms with Crippen LogP contribution in [0, 0.1) is 13.8 Å². The van der Waals surface area contributed by atoms with E-state index in [1.807, 2.05) is 31.2 Å². The van der Waals surface area contributed by atoms with Crippen LogP contribution < -0.4 is 10.5 Å². The van der Waals surface area contributed by atoms with Gasteiger partial charge in [-0.3, -0.25) is 0 Å². The second-order valence-corrected chi connectivity index (χ2v) is 4.78. The number of halogens is 1. The number of ether oxygens (including phenoxy) is 1. The first-order valence-corrected chi connectivity index (χ1v) is 6.11. The van der Waals surface area contributed by atoms with E-state index >= 15 is 0 Å². The topological polar surface area (TPSA) is 35.2 Å². The van der Waals surface area contributed by atoms with Gasteiger partial charge >= 0.3 is 0 Å². The fourth-order valence-corrected chi connectivity index (χ4v) is 2.15. The van der Waals surface area contributed by atoms with Gasteiger partial charge < -0.3 is 10.5 Å². The highest BCUT2D eigenvalue weighted by atomic mass is 35.5. The number of benzene rings is 2. The molecule has 2 aromatic rings. The molecule has 0 saturated carbocycles. The number of methoxy groups -OCH3 is 1. The summed E-state index contributed by atoms with van der Waals surface area (Å²) in [5, 5.41) is 0.585. The minimum Gasteiger partial charge on any atom is -0.496 e. The van der Waals surface area contributed by atoms with Crippen LogP contribution in [0.2, 0.25) is 5.02 Å². The Morgan fingerprint density at radius 3 is 2.39 bits per heavy atom. The predicted octanol–water partition coefficient (Wildman–Crippen LogP) is 4.21. The monoisotopic (exact) mass is 261 g/mol. The Kier molecular flexibility index (Phi) is 3.48. The third-order valence-electron chi connectivity index (χ3n) is 3.05. The average Bonchev–Trinajstić information content (AvgIpc) is 2.35. The summed E-state index contributed by atoms with van der Waals surface area (Å²) in [6.07, 6.45) is 0. The molecular formula is C15H16ClNO. The lowest BCUT2D eigenvalue weighted by Crippen LogP contribution is -1.93. The highest BCUT2D eigenvalue weighted by molar-refractivity contribution is 6.33. The normalized spacial score (nSPS) is 10.4. The lowest BCUT2D eigenvalue weighted by molar-refractivity contribution is 0.411. The van der Waals surface area contributed by atoms with Crippen LogP contribution in [0.3, 0.4) is 0 Å². The molecule has 2 nitrogen and oxygen atoms in total. The Morgan fingerprint density at radius 1 is 1.06 bits per heavy atom. The third-order valence-corrected chi connectivity index (χ3v) is 3.39. The summed E-state index contributed by atoms with van der Waals surface area (Å²) < 4.78 is 5.31. The van der Waals surface area contributed by atoms with Crippen LogP contribution in [0.15, 0.2) is 30.3 Å². The molecule has 0 saturated heterocycles. The number of hydrogen-bond donors (Lipinski definition) is 1. The molecule has 18 heavy (non-hydrogen) atoms. The van der Waals surface area contributed by atoms with Crippen molar-refractivity contribution >= 4 is 17.3 Å². The second-order valence-electron chi connectivity index (χ2n) is 4.37. The molecule has 0 unspecified atom stereocenters. The van der Waals surface area contributed by atoms with Crippen LogP contribution in [-0.4, -0.2) is 7.11 Å². The zero-order valence-corrected chi connectivity index (χ0v) is 11.5. The van der Waals surface area contributed by atoms with Gasteiger partial charge in [0.2, 0.25) is 0 Å². The summed E-state index contributed by atoms with van der Waals surface area (Å²) in [4.78, 5) is 0. The third kappa shape index (κ3) is 2.29. The van der Waals surface area contributed by atoms with Gasteiger partial charge in [0, 0.05) is 0 Å². The van der Waals surface area contributed by atoms with Gasteiger partial charge in [-0.05, 0) is 60.4 Å². The summed E-state index contributed by atoms with van der Waals surface area (Å²) in [5.74, 6) is 0.901. The minimum absolute atomic E-state index is 0.585. The fourth-order valence-electron chi connectivity index (χ4n) is 2.03. The first-order chi connectivity index (χ1) is 8.52. The van der Waals surface area contributed by atoms with Crippen molar-refractivity contribution in [2.24, 2.45) is 0 Å². The van der Waals surface area contributed by atoms with E-state index in [0.29, 0.717) is 10.7 Å². The lowest BCUT2D eigenvalue weighted by Gasteiger charge is -2.12. The number of aryl methyl sites for hydroxylation is 2. The van der Waals surface area contributed by atoms with E-state index in [1.165, 1.54) is 0 Å². The van der Waals surface area contributed by atoms with Crippen molar-refractivity contribution in [3.8, 4) is 16.9 Å². The van der Waals surface area contributed by atoms with E-state index in [0.717, 1.165) is 28.0 Å². The van der Waals surface area contributed by atoms with Crippen LogP contribution in [0.5, 0.6) is 5.75 Å². The molecule has 2 rings (SSSR count). The molecule has 0 aliphatic rings. The van der Waals surface area contributed by atoms with E-state index in [4.69, 9.17) is 22.1 Å². The molecule has 3 heteroatoms. The summed E-state index contributed by atoms with van der Waals surface area (Å²) >= 11 is 5.94. The van der Waals surface area contributed by atoms with Gasteiger partial charge in [0.1, 0.15) is 5.75 Å². The van der Waals surface area contributed by atoms with Crippen molar-refractivity contribution in [3.05, 3.63) is 46.5 Å². The molecular weight excluding hydrogens is 246 g/mol. The van der Waals surface area contributed by atoms with E-state index in [-0.39, 0.29) is 0 Å². The summed E-state index contributed by atoms with van der Waals surface area (Å²) in [6, 6.07) is 9.85. The Morgan fingerprint density at radius 2 is 1.78 bits per heavy atom. The van der Waals surface area contributed by atoms with Gasteiger partial charge in [0.15, 0.2) is 0 Å². The quantitative estimate of drug-likeness (QED) is 0.822. The summed E-state index contributed by atoms with van der Waals surface area (Å²) in [5.41, 5.74) is 10.9. The SMILES string of the molecule is COc1cc(C)c(-c2ccc(Cl)c(N)c2)cc1C. The Bertz CT molecular complexity index is 593. The van der Waals surface area contributed by atoms with Gasteiger partial charge in [-0.2, -0.15) is 0 Å². The molecule has 0 aromatic heterocycles. The molecule has 0 aliphatic heterocycles. The minimum atomic E-state index is 0.585. The lowest BCUT2D eigenvalue weighted by atomic mass is 9.97. The molecule has 94 valence electrons. The summed E-state index contributed by atoms with van der Waals surface area (Å²) in [6.45, 7) is 4.09. The molecule has 0 radical (unpaired) electrons. The number of nitrogens with two attached hydrogens (primary N) is 1. The number of anilines is 1. The molecule has 0 fully saturated rings. The predicted molar refractivity (Wildman–Crippen MR) is 77.3 cm³/mol. The largest absolute Gasteiger partial charge is 0.496 e. The number of hydrogen-bond acceptors (Lipinski definition) is 2. The fraction of sp³-hybridized carbons (Fsp3) is 0.200. The molecule has 0 atom stereocenters. The first-order valence-electron chi connectivity index (χ1n) is 5.73. The molecule has 0 bridgehead atoms. The standard InChI is InChI=1S/C15H16ClNO/c1-9-7-15(18-3)10(2)6-12(9)11-4-5-13(16)14(17)8-11/h4-8H,17H2,1-3H3. The van der Waals surface area contributed by atoms with Crippen molar-refractivity contribution in [1.82, 2.24) is 0 Å². The molecule has 2 N–H and O–H groups in total. The van der Waals surface area contributed by atoms with Crippen molar-refractivity contribution in [2.75, 3.05) is 12.8 Å². The maximum absolute atomic E-state index is 5.94. The molecule has 2 aromatic carbocycles. The van der Waals surface area contributed by atoms with Crippen molar-refractivity contribution < 1.29 is 4.74 Å². The van der Waals surface area contributed by atoms with Gasteiger partial charge in [-0.25, -0.2) is 0 Å². The Labute approximate surface area is 112 Å². The van der Waals surface area contributed by atoms with E-state index in [1.54, 1.807) is 7.11 Å².